The molecule has 0 atom stereocenters. The molecule has 0 aliphatic heterocycles. The van der Waals surface area contributed by atoms with Gasteiger partial charge in [0.1, 0.15) is 4.90 Å². The summed E-state index contributed by atoms with van der Waals surface area (Å²) in [6.45, 7) is 2.39. The summed E-state index contributed by atoms with van der Waals surface area (Å²) < 4.78 is 26.8. The van der Waals surface area contributed by atoms with Crippen molar-refractivity contribution in [2.75, 3.05) is 12.3 Å². The van der Waals surface area contributed by atoms with Crippen molar-refractivity contribution in [2.45, 2.75) is 16.7 Å². The predicted molar refractivity (Wildman–Crippen MR) is 88.5 cm³/mol. The van der Waals surface area contributed by atoms with Gasteiger partial charge in [0.25, 0.3) is 0 Å². The predicted octanol–water partition coefficient (Wildman–Crippen LogP) is 3.72. The average molecular weight is 342 g/mol. The number of halogens is 1. The van der Waals surface area contributed by atoms with Crippen LogP contribution in [0, 0.1) is 6.92 Å². The number of rotatable bonds is 6. The lowest BCUT2D eigenvalue weighted by Gasteiger charge is -2.08. The van der Waals surface area contributed by atoms with Crippen molar-refractivity contribution in [2.24, 2.45) is 0 Å². The Bertz CT molecular complexity index is 700. The Kier molecular flexibility index (Phi) is 5.70. The second kappa shape index (κ2) is 7.31. The first-order valence-electron chi connectivity index (χ1n) is 6.43. The van der Waals surface area contributed by atoms with Gasteiger partial charge >= 0.3 is 0 Å². The van der Waals surface area contributed by atoms with Crippen LogP contribution in [0.1, 0.15) is 5.56 Å². The van der Waals surface area contributed by atoms with Gasteiger partial charge in [-0.15, -0.1) is 11.8 Å². The van der Waals surface area contributed by atoms with Crippen LogP contribution in [0.4, 0.5) is 0 Å². The Morgan fingerprint density at radius 3 is 2.43 bits per heavy atom. The van der Waals surface area contributed by atoms with Gasteiger partial charge < -0.3 is 0 Å². The van der Waals surface area contributed by atoms with Gasteiger partial charge in [0.05, 0.1) is 5.02 Å². The number of hydrogen-bond donors (Lipinski definition) is 1. The van der Waals surface area contributed by atoms with Gasteiger partial charge in [0.15, 0.2) is 0 Å². The van der Waals surface area contributed by atoms with E-state index >= 15 is 0 Å². The zero-order valence-corrected chi connectivity index (χ0v) is 13.9. The molecule has 1 N–H and O–H groups in total. The van der Waals surface area contributed by atoms with Gasteiger partial charge in [0, 0.05) is 17.2 Å². The Balaban J connectivity index is 1.88. The Labute approximate surface area is 134 Å². The molecule has 0 aliphatic rings. The molecule has 21 heavy (non-hydrogen) atoms. The summed E-state index contributed by atoms with van der Waals surface area (Å²) >= 11 is 7.52. The van der Waals surface area contributed by atoms with E-state index in [0.29, 0.717) is 12.3 Å². The summed E-state index contributed by atoms with van der Waals surface area (Å²) in [5.41, 5.74) is 1.21. The van der Waals surface area contributed by atoms with Crippen molar-refractivity contribution < 1.29 is 8.42 Å². The summed E-state index contributed by atoms with van der Waals surface area (Å²) in [5, 5.41) is 0.233. The van der Waals surface area contributed by atoms with Crippen LogP contribution < -0.4 is 4.72 Å². The van der Waals surface area contributed by atoms with E-state index in [9.17, 15) is 8.42 Å². The maximum Gasteiger partial charge on any atom is 0.242 e. The Morgan fingerprint density at radius 2 is 1.76 bits per heavy atom. The molecule has 2 aromatic rings. The van der Waals surface area contributed by atoms with Crippen LogP contribution >= 0.6 is 23.4 Å². The van der Waals surface area contributed by atoms with Crippen LogP contribution in [0.2, 0.25) is 5.02 Å². The summed E-state index contributed by atoms with van der Waals surface area (Å²) in [6, 6.07) is 14.6. The van der Waals surface area contributed by atoms with Crippen molar-refractivity contribution in [3.8, 4) is 0 Å². The van der Waals surface area contributed by atoms with Crippen molar-refractivity contribution in [1.82, 2.24) is 4.72 Å². The van der Waals surface area contributed by atoms with E-state index in [0.717, 1.165) is 4.90 Å². The highest BCUT2D eigenvalue weighted by Crippen LogP contribution is 2.21. The van der Waals surface area contributed by atoms with E-state index in [1.54, 1.807) is 30.0 Å². The van der Waals surface area contributed by atoms with E-state index in [1.807, 2.05) is 31.2 Å². The standard InChI is InChI=1S/C15H16ClNO2S2/c1-12-6-8-13(9-7-12)20-11-10-17-21(18,19)15-5-3-2-4-14(15)16/h2-9,17H,10-11H2,1H3. The number of hydrogen-bond acceptors (Lipinski definition) is 3. The summed E-state index contributed by atoms with van der Waals surface area (Å²) in [5.74, 6) is 0.659. The lowest BCUT2D eigenvalue weighted by Crippen LogP contribution is -2.26. The highest BCUT2D eigenvalue weighted by molar-refractivity contribution is 7.99. The molecule has 0 saturated carbocycles. The molecule has 0 amide bonds. The first kappa shape index (κ1) is 16.4. The second-order valence-electron chi connectivity index (χ2n) is 4.49. The van der Waals surface area contributed by atoms with Gasteiger partial charge in [0.2, 0.25) is 10.0 Å². The van der Waals surface area contributed by atoms with Gasteiger partial charge in [-0.2, -0.15) is 0 Å². The molecule has 0 unspecified atom stereocenters. The largest absolute Gasteiger partial charge is 0.242 e. The number of aryl methyl sites for hydroxylation is 1. The molecule has 2 aromatic carbocycles. The zero-order valence-electron chi connectivity index (χ0n) is 11.5. The summed E-state index contributed by atoms with van der Waals surface area (Å²) in [6.07, 6.45) is 0. The van der Waals surface area contributed by atoms with Gasteiger partial charge in [-0.1, -0.05) is 41.4 Å². The number of thioether (sulfide) groups is 1. The summed E-state index contributed by atoms with van der Waals surface area (Å²) in [4.78, 5) is 1.24. The normalized spacial score (nSPS) is 11.5. The van der Waals surface area contributed by atoms with Gasteiger partial charge in [-0.3, -0.25) is 0 Å². The third-order valence-corrected chi connectivity index (χ3v) is 5.78. The molecule has 2 rings (SSSR count). The fourth-order valence-corrected chi connectivity index (χ4v) is 4.17. The van der Waals surface area contributed by atoms with E-state index in [2.05, 4.69) is 4.72 Å². The molecular weight excluding hydrogens is 326 g/mol. The maximum atomic E-state index is 12.1. The monoisotopic (exact) mass is 341 g/mol. The minimum atomic E-state index is -3.55. The average Bonchev–Trinajstić information content (AvgIpc) is 2.46. The molecule has 0 radical (unpaired) electrons. The van der Waals surface area contributed by atoms with E-state index < -0.39 is 10.0 Å². The van der Waals surface area contributed by atoms with Crippen molar-refractivity contribution in [3.05, 3.63) is 59.1 Å². The lowest BCUT2D eigenvalue weighted by molar-refractivity contribution is 0.584. The van der Waals surface area contributed by atoms with Gasteiger partial charge in [-0.25, -0.2) is 13.1 Å². The molecule has 0 bridgehead atoms. The van der Waals surface area contributed by atoms with Crippen LogP contribution in [0.15, 0.2) is 58.3 Å². The fourth-order valence-electron chi connectivity index (χ4n) is 1.72. The van der Waals surface area contributed by atoms with Crippen LogP contribution in [0.25, 0.3) is 0 Å². The van der Waals surface area contributed by atoms with Crippen LogP contribution in [-0.4, -0.2) is 20.7 Å². The number of nitrogens with one attached hydrogen (secondary N) is 1. The fraction of sp³-hybridized carbons (Fsp3) is 0.200. The Hall–Kier alpha value is -1.01. The van der Waals surface area contributed by atoms with Crippen molar-refractivity contribution in [3.63, 3.8) is 0 Å². The number of sulfonamides is 1. The van der Waals surface area contributed by atoms with Crippen molar-refractivity contribution in [1.29, 1.82) is 0 Å². The minimum Gasteiger partial charge on any atom is -0.210 e. The second-order valence-corrected chi connectivity index (χ2v) is 7.80. The minimum absolute atomic E-state index is 0.118. The Morgan fingerprint density at radius 1 is 1.10 bits per heavy atom. The molecule has 0 aromatic heterocycles. The van der Waals surface area contributed by atoms with Crippen LogP contribution in [0.5, 0.6) is 0 Å². The molecule has 3 nitrogen and oxygen atoms in total. The van der Waals surface area contributed by atoms with Gasteiger partial charge in [-0.05, 0) is 31.2 Å². The molecular formula is C15H16ClNO2S2. The molecule has 0 aliphatic carbocycles. The molecule has 0 heterocycles. The molecule has 0 spiro atoms. The van der Waals surface area contributed by atoms with Crippen LogP contribution in [0.3, 0.4) is 0 Å². The highest BCUT2D eigenvalue weighted by Gasteiger charge is 2.16. The van der Waals surface area contributed by atoms with Crippen LogP contribution in [-0.2, 0) is 10.0 Å². The third-order valence-electron chi connectivity index (χ3n) is 2.81. The first-order chi connectivity index (χ1) is 9.99. The molecule has 6 heteroatoms. The quantitative estimate of drug-likeness (QED) is 0.643. The smallest absolute Gasteiger partial charge is 0.210 e. The molecule has 0 fully saturated rings. The van der Waals surface area contributed by atoms with E-state index in [1.165, 1.54) is 11.6 Å². The topological polar surface area (TPSA) is 46.2 Å². The van der Waals surface area contributed by atoms with E-state index in [4.69, 9.17) is 11.6 Å². The lowest BCUT2D eigenvalue weighted by atomic mass is 10.2. The highest BCUT2D eigenvalue weighted by atomic mass is 35.5. The number of benzene rings is 2. The van der Waals surface area contributed by atoms with E-state index in [-0.39, 0.29) is 9.92 Å². The zero-order chi connectivity index (χ0) is 15.3. The molecule has 0 saturated heterocycles. The maximum absolute atomic E-state index is 12.1. The molecule has 112 valence electrons. The first-order valence-corrected chi connectivity index (χ1v) is 9.27. The van der Waals surface area contributed by atoms with Crippen molar-refractivity contribution >= 4 is 33.4 Å². The third kappa shape index (κ3) is 4.74. The SMILES string of the molecule is Cc1ccc(SCCNS(=O)(=O)c2ccccc2Cl)cc1. The summed E-state index contributed by atoms with van der Waals surface area (Å²) in [7, 11) is -3.55.